The second-order valence-corrected chi connectivity index (χ2v) is 5.50. The van der Waals surface area contributed by atoms with E-state index in [0.29, 0.717) is 19.7 Å². The van der Waals surface area contributed by atoms with Gasteiger partial charge in [0, 0.05) is 37.8 Å². The summed E-state index contributed by atoms with van der Waals surface area (Å²) in [5, 5.41) is 14.9. The molecule has 3 aromatic rings. The minimum Gasteiger partial charge on any atom is -0.383 e. The van der Waals surface area contributed by atoms with Crippen LogP contribution in [0, 0.1) is 0 Å². The number of carbonyl (C=O) groups is 1. The van der Waals surface area contributed by atoms with Gasteiger partial charge in [-0.2, -0.15) is 10.2 Å². The maximum absolute atomic E-state index is 12.7. The monoisotopic (exact) mass is 328 g/mol. The summed E-state index contributed by atoms with van der Waals surface area (Å²) in [5.74, 6) is 0. The number of carbonyl (C=O) groups excluding carboxylic acids is 1. The lowest BCUT2D eigenvalue weighted by Crippen LogP contribution is -2.36. The van der Waals surface area contributed by atoms with E-state index >= 15 is 0 Å². The van der Waals surface area contributed by atoms with Gasteiger partial charge in [-0.25, -0.2) is 4.79 Å². The molecule has 2 aromatic heterocycles. The van der Waals surface area contributed by atoms with Crippen LogP contribution in [-0.4, -0.2) is 51.2 Å². The first kappa shape index (κ1) is 16.0. The number of ether oxygens (including phenoxy) is 1. The number of methoxy groups -OCH3 is 1. The van der Waals surface area contributed by atoms with Crippen LogP contribution in [0.3, 0.4) is 0 Å². The van der Waals surface area contributed by atoms with Crippen molar-refractivity contribution in [1.82, 2.24) is 24.9 Å². The van der Waals surface area contributed by atoms with Gasteiger partial charge in [0.1, 0.15) is 0 Å². The van der Waals surface area contributed by atoms with Crippen LogP contribution in [0.15, 0.2) is 36.8 Å². The summed E-state index contributed by atoms with van der Waals surface area (Å²) in [6.07, 6.45) is 5.35. The number of fused-ring (bicyclic) bond motifs is 1. The van der Waals surface area contributed by atoms with Crippen LogP contribution in [0.25, 0.3) is 10.9 Å². The minimum absolute atomic E-state index is 0.190. The highest BCUT2D eigenvalue weighted by molar-refractivity contribution is 6.00. The molecule has 0 saturated carbocycles. The molecule has 0 spiro atoms. The Kier molecular flexibility index (Phi) is 4.76. The second kappa shape index (κ2) is 7.14. The van der Waals surface area contributed by atoms with Crippen LogP contribution < -0.4 is 5.32 Å². The summed E-state index contributed by atoms with van der Waals surface area (Å²) in [6, 6.07) is 5.45. The molecule has 0 aliphatic rings. The lowest BCUT2D eigenvalue weighted by atomic mass is 10.2. The number of hydrogen-bond acceptors (Lipinski definition) is 4. The van der Waals surface area contributed by atoms with Crippen molar-refractivity contribution in [3.63, 3.8) is 0 Å². The van der Waals surface area contributed by atoms with Gasteiger partial charge >= 0.3 is 6.03 Å². The molecule has 0 saturated heterocycles. The molecule has 0 fully saturated rings. The third-order valence-electron chi connectivity index (χ3n) is 3.71. The van der Waals surface area contributed by atoms with Crippen LogP contribution in [0.4, 0.5) is 10.5 Å². The molecule has 8 heteroatoms. The molecule has 3 rings (SSSR count). The van der Waals surface area contributed by atoms with E-state index in [1.165, 1.54) is 0 Å². The molecule has 1 aromatic carbocycles. The minimum atomic E-state index is -0.190. The predicted molar refractivity (Wildman–Crippen MR) is 90.6 cm³/mol. The van der Waals surface area contributed by atoms with Crippen LogP contribution in [-0.2, 0) is 18.3 Å². The molecular formula is C16H20N6O2. The Morgan fingerprint density at radius 1 is 1.42 bits per heavy atom. The second-order valence-electron chi connectivity index (χ2n) is 5.50. The van der Waals surface area contributed by atoms with Crippen LogP contribution in [0.5, 0.6) is 0 Å². The molecule has 8 nitrogen and oxygen atoms in total. The Balaban J connectivity index is 1.76. The van der Waals surface area contributed by atoms with Crippen LogP contribution >= 0.6 is 0 Å². The Morgan fingerprint density at radius 3 is 3.04 bits per heavy atom. The maximum Gasteiger partial charge on any atom is 0.322 e. The first-order chi connectivity index (χ1) is 11.7. The number of amides is 2. The van der Waals surface area contributed by atoms with Crippen molar-refractivity contribution < 1.29 is 9.53 Å². The average Bonchev–Trinajstić information content (AvgIpc) is 3.20. The van der Waals surface area contributed by atoms with E-state index in [0.717, 1.165) is 22.2 Å². The third kappa shape index (κ3) is 3.54. The highest BCUT2D eigenvalue weighted by atomic mass is 16.5. The predicted octanol–water partition coefficient (Wildman–Crippen LogP) is 1.98. The summed E-state index contributed by atoms with van der Waals surface area (Å²) in [4.78, 5) is 14.4. The molecule has 2 N–H and O–H groups in total. The van der Waals surface area contributed by atoms with Gasteiger partial charge < -0.3 is 15.0 Å². The first-order valence-corrected chi connectivity index (χ1v) is 7.62. The van der Waals surface area contributed by atoms with Crippen molar-refractivity contribution in [2.45, 2.75) is 6.54 Å². The Hall–Kier alpha value is -2.87. The topological polar surface area (TPSA) is 88.1 Å². The van der Waals surface area contributed by atoms with E-state index in [4.69, 9.17) is 4.74 Å². The fraction of sp³-hybridized carbons (Fsp3) is 0.312. The zero-order chi connectivity index (χ0) is 16.9. The largest absolute Gasteiger partial charge is 0.383 e. The van der Waals surface area contributed by atoms with Crippen molar-refractivity contribution >= 4 is 22.6 Å². The molecule has 2 amide bonds. The quantitative estimate of drug-likeness (QED) is 0.724. The summed E-state index contributed by atoms with van der Waals surface area (Å²) < 4.78 is 6.83. The van der Waals surface area contributed by atoms with E-state index in [1.54, 1.807) is 29.1 Å². The van der Waals surface area contributed by atoms with Gasteiger partial charge in [0.15, 0.2) is 0 Å². The lowest BCUT2D eigenvalue weighted by molar-refractivity contribution is 0.153. The first-order valence-electron chi connectivity index (χ1n) is 7.62. The summed E-state index contributed by atoms with van der Waals surface area (Å²) >= 11 is 0. The fourth-order valence-corrected chi connectivity index (χ4v) is 2.50. The number of aromatic nitrogens is 4. The van der Waals surface area contributed by atoms with Crippen LogP contribution in [0.1, 0.15) is 5.56 Å². The van der Waals surface area contributed by atoms with Crippen molar-refractivity contribution in [1.29, 1.82) is 0 Å². The van der Waals surface area contributed by atoms with Gasteiger partial charge in [-0.1, -0.05) is 6.07 Å². The number of benzene rings is 1. The molecule has 0 unspecified atom stereocenters. The Bertz CT molecular complexity index is 825. The average molecular weight is 328 g/mol. The molecule has 126 valence electrons. The van der Waals surface area contributed by atoms with Gasteiger partial charge in [-0.3, -0.25) is 9.78 Å². The maximum atomic E-state index is 12.7. The normalized spacial score (nSPS) is 10.9. The van der Waals surface area contributed by atoms with E-state index in [9.17, 15) is 4.79 Å². The highest BCUT2D eigenvalue weighted by Gasteiger charge is 2.16. The molecule has 0 bridgehead atoms. The van der Waals surface area contributed by atoms with Gasteiger partial charge in [0.25, 0.3) is 0 Å². The van der Waals surface area contributed by atoms with Gasteiger partial charge in [0.2, 0.25) is 0 Å². The van der Waals surface area contributed by atoms with E-state index < -0.39 is 0 Å². The third-order valence-corrected chi connectivity index (χ3v) is 3.71. The molecule has 0 radical (unpaired) electrons. The summed E-state index contributed by atoms with van der Waals surface area (Å²) in [5.41, 5.74) is 2.56. The zero-order valence-electron chi connectivity index (χ0n) is 13.7. The molecular weight excluding hydrogens is 308 g/mol. The summed E-state index contributed by atoms with van der Waals surface area (Å²) in [7, 11) is 3.47. The van der Waals surface area contributed by atoms with E-state index in [2.05, 4.69) is 20.6 Å². The molecule has 0 aliphatic heterocycles. The number of hydrogen-bond donors (Lipinski definition) is 2. The van der Waals surface area contributed by atoms with Gasteiger partial charge in [-0.05, 0) is 12.1 Å². The molecule has 2 heterocycles. The standard InChI is InChI=1S/C16H20N6O2/c1-21-10-12(8-18-21)11-22(6-7-24-2)16(23)19-14-4-3-5-15-13(14)9-17-20-15/h3-5,8-10H,6-7,11H2,1-2H3,(H,17,20)(H,19,23). The number of H-pyrrole nitrogens is 1. The highest BCUT2D eigenvalue weighted by Crippen LogP contribution is 2.21. The van der Waals surface area contributed by atoms with Crippen molar-refractivity contribution in [3.05, 3.63) is 42.4 Å². The number of nitrogens with one attached hydrogen (secondary N) is 2. The van der Waals surface area contributed by atoms with Gasteiger partial charge in [0.05, 0.1) is 36.7 Å². The van der Waals surface area contributed by atoms with E-state index in [1.807, 2.05) is 31.4 Å². The zero-order valence-corrected chi connectivity index (χ0v) is 13.7. The van der Waals surface area contributed by atoms with Crippen molar-refractivity contribution in [2.75, 3.05) is 25.6 Å². The van der Waals surface area contributed by atoms with Crippen molar-refractivity contribution in [3.8, 4) is 0 Å². The molecule has 0 atom stereocenters. The van der Waals surface area contributed by atoms with Crippen LogP contribution in [0.2, 0.25) is 0 Å². The molecule has 0 aliphatic carbocycles. The number of urea groups is 1. The number of aryl methyl sites for hydroxylation is 1. The van der Waals surface area contributed by atoms with E-state index in [-0.39, 0.29) is 6.03 Å². The SMILES string of the molecule is COCCN(Cc1cnn(C)c1)C(=O)Nc1cccc2[nH]ncc12. The number of rotatable bonds is 6. The smallest absolute Gasteiger partial charge is 0.322 e. The number of anilines is 1. The Labute approximate surface area is 139 Å². The Morgan fingerprint density at radius 2 is 2.29 bits per heavy atom. The number of nitrogens with zero attached hydrogens (tertiary/aromatic N) is 4. The lowest BCUT2D eigenvalue weighted by Gasteiger charge is -2.22. The summed E-state index contributed by atoms with van der Waals surface area (Å²) in [6.45, 7) is 1.41. The van der Waals surface area contributed by atoms with Gasteiger partial charge in [-0.15, -0.1) is 0 Å². The van der Waals surface area contributed by atoms with Crippen molar-refractivity contribution in [2.24, 2.45) is 7.05 Å². The fourth-order valence-electron chi connectivity index (χ4n) is 2.50. The molecule has 24 heavy (non-hydrogen) atoms. The number of aromatic amines is 1.